The Balaban J connectivity index is 1.52. The van der Waals surface area contributed by atoms with E-state index in [1.807, 2.05) is 17.0 Å². The van der Waals surface area contributed by atoms with E-state index in [0.29, 0.717) is 40.6 Å². The zero-order chi connectivity index (χ0) is 29.4. The number of nitro benzene ring substituents is 1. The molecule has 0 aliphatic carbocycles. The van der Waals surface area contributed by atoms with Gasteiger partial charge in [-0.1, -0.05) is 41.9 Å². The molecular formula is C31H28ClFN2O6. The average molecular weight is 579 g/mol. The smallest absolute Gasteiger partial charge is 0.344 e. The number of carbonyl (C=O) groups is 1. The molecule has 0 saturated carbocycles. The maximum absolute atomic E-state index is 14.7. The van der Waals surface area contributed by atoms with Gasteiger partial charge in [0.15, 0.2) is 6.61 Å². The highest BCUT2D eigenvalue weighted by Gasteiger charge is 2.19. The van der Waals surface area contributed by atoms with Crippen molar-refractivity contribution in [2.75, 3.05) is 18.1 Å². The van der Waals surface area contributed by atoms with Crippen LogP contribution in [0.4, 0.5) is 15.8 Å². The lowest BCUT2D eigenvalue weighted by molar-refractivity contribution is -0.385. The van der Waals surface area contributed by atoms with Gasteiger partial charge >= 0.3 is 5.97 Å². The third-order valence-corrected chi connectivity index (χ3v) is 6.43. The van der Waals surface area contributed by atoms with E-state index in [2.05, 4.69) is 0 Å². The van der Waals surface area contributed by atoms with Crippen LogP contribution in [0, 0.1) is 22.9 Å². The van der Waals surface area contributed by atoms with Crippen LogP contribution in [0.3, 0.4) is 0 Å². The van der Waals surface area contributed by atoms with Gasteiger partial charge in [-0.25, -0.2) is 9.18 Å². The number of esters is 1. The van der Waals surface area contributed by atoms with Crippen molar-refractivity contribution >= 4 is 28.9 Å². The Morgan fingerprint density at radius 3 is 2.39 bits per heavy atom. The molecule has 8 nitrogen and oxygen atoms in total. The van der Waals surface area contributed by atoms with Crippen molar-refractivity contribution in [2.45, 2.75) is 26.9 Å². The van der Waals surface area contributed by atoms with Crippen molar-refractivity contribution in [3.63, 3.8) is 0 Å². The Morgan fingerprint density at radius 2 is 1.68 bits per heavy atom. The Hall–Kier alpha value is -4.63. The molecule has 0 N–H and O–H groups in total. The lowest BCUT2D eigenvalue weighted by Crippen LogP contribution is -2.23. The number of rotatable bonds is 12. The fourth-order valence-corrected chi connectivity index (χ4v) is 4.38. The van der Waals surface area contributed by atoms with Gasteiger partial charge in [-0.05, 0) is 61.9 Å². The predicted octanol–water partition coefficient (Wildman–Crippen LogP) is 7.64. The van der Waals surface area contributed by atoms with Crippen molar-refractivity contribution in [3.8, 4) is 17.2 Å². The number of nitro groups is 1. The number of hydrogen-bond acceptors (Lipinski definition) is 7. The van der Waals surface area contributed by atoms with Gasteiger partial charge in [0.2, 0.25) is 0 Å². The van der Waals surface area contributed by atoms with Crippen LogP contribution >= 0.6 is 11.6 Å². The van der Waals surface area contributed by atoms with Crippen molar-refractivity contribution in [1.82, 2.24) is 0 Å². The number of nitrogens with zero attached hydrogens (tertiary/aromatic N) is 2. The van der Waals surface area contributed by atoms with Crippen LogP contribution in [-0.2, 0) is 22.6 Å². The molecule has 41 heavy (non-hydrogen) atoms. The maximum Gasteiger partial charge on any atom is 0.344 e. The van der Waals surface area contributed by atoms with E-state index >= 15 is 0 Å². The van der Waals surface area contributed by atoms with Gasteiger partial charge in [0.1, 0.15) is 23.1 Å². The molecule has 10 heteroatoms. The third-order valence-electron chi connectivity index (χ3n) is 6.19. The van der Waals surface area contributed by atoms with Crippen LogP contribution in [0.1, 0.15) is 23.6 Å². The molecule has 212 valence electrons. The van der Waals surface area contributed by atoms with Crippen molar-refractivity contribution in [3.05, 3.63) is 123 Å². The molecule has 0 atom stereocenters. The zero-order valence-corrected chi connectivity index (χ0v) is 23.3. The highest BCUT2D eigenvalue weighted by molar-refractivity contribution is 6.30. The summed E-state index contributed by atoms with van der Waals surface area (Å²) in [5, 5.41) is 11.9. The van der Waals surface area contributed by atoms with Crippen molar-refractivity contribution in [2.24, 2.45) is 0 Å². The number of benzene rings is 4. The van der Waals surface area contributed by atoms with E-state index in [1.54, 1.807) is 74.5 Å². The molecule has 0 radical (unpaired) electrons. The van der Waals surface area contributed by atoms with Crippen molar-refractivity contribution < 1.29 is 28.3 Å². The largest absolute Gasteiger partial charge is 0.482 e. The molecule has 0 fully saturated rings. The molecule has 0 saturated heterocycles. The van der Waals surface area contributed by atoms with Gasteiger partial charge < -0.3 is 19.1 Å². The molecule has 0 aliphatic heterocycles. The summed E-state index contributed by atoms with van der Waals surface area (Å²) in [4.78, 5) is 24.6. The molecule has 4 rings (SSSR count). The molecule has 0 heterocycles. The van der Waals surface area contributed by atoms with Crippen LogP contribution in [-0.4, -0.2) is 24.1 Å². The first-order valence-corrected chi connectivity index (χ1v) is 13.2. The minimum atomic E-state index is -0.456. The minimum absolute atomic E-state index is 0.0127. The summed E-state index contributed by atoms with van der Waals surface area (Å²) in [6.07, 6.45) is 0. The van der Waals surface area contributed by atoms with Gasteiger partial charge in [0.05, 0.1) is 17.1 Å². The number of halogens is 2. The summed E-state index contributed by atoms with van der Waals surface area (Å²) in [7, 11) is 0. The lowest BCUT2D eigenvalue weighted by atomic mass is 10.1. The quantitative estimate of drug-likeness (QED) is 0.0969. The van der Waals surface area contributed by atoms with Gasteiger partial charge in [-0.15, -0.1) is 0 Å². The Labute approximate surface area is 242 Å². The monoisotopic (exact) mass is 578 g/mol. The van der Waals surface area contributed by atoms with E-state index in [0.717, 1.165) is 5.56 Å². The van der Waals surface area contributed by atoms with E-state index in [4.69, 9.17) is 25.8 Å². The van der Waals surface area contributed by atoms with E-state index < -0.39 is 16.7 Å². The first-order chi connectivity index (χ1) is 19.7. The molecule has 4 aromatic rings. The predicted molar refractivity (Wildman–Crippen MR) is 154 cm³/mol. The van der Waals surface area contributed by atoms with E-state index in [-0.39, 0.29) is 30.5 Å². The zero-order valence-electron chi connectivity index (χ0n) is 22.5. The second-order valence-electron chi connectivity index (χ2n) is 9.08. The fraction of sp³-hybridized carbons (Fsp3) is 0.194. The SMILES string of the molecule is CCOC(=O)COc1cccc(Oc2ccc(CN(Cc3ccc(Cl)cc3F)c3cccc([N+](=O)[O-])c3C)cc2)c1. The van der Waals surface area contributed by atoms with E-state index in [1.165, 1.54) is 12.1 Å². The van der Waals surface area contributed by atoms with Crippen LogP contribution in [0.25, 0.3) is 0 Å². The summed E-state index contributed by atoms with van der Waals surface area (Å²) >= 11 is 5.94. The molecule has 0 bridgehead atoms. The summed E-state index contributed by atoms with van der Waals surface area (Å²) < 4.78 is 31.0. The van der Waals surface area contributed by atoms with Gasteiger partial charge in [0.25, 0.3) is 5.69 Å². The molecule has 0 aromatic heterocycles. The Bertz CT molecular complexity index is 1530. The van der Waals surface area contributed by atoms with Gasteiger partial charge in [-0.3, -0.25) is 10.1 Å². The second-order valence-corrected chi connectivity index (χ2v) is 9.52. The van der Waals surface area contributed by atoms with Gasteiger partial charge in [0, 0.05) is 41.5 Å². The molecular weight excluding hydrogens is 551 g/mol. The molecule has 0 spiro atoms. The second kappa shape index (κ2) is 13.6. The minimum Gasteiger partial charge on any atom is -0.482 e. The number of anilines is 1. The highest BCUT2D eigenvalue weighted by atomic mass is 35.5. The molecule has 0 amide bonds. The topological polar surface area (TPSA) is 91.1 Å². The fourth-order valence-electron chi connectivity index (χ4n) is 4.23. The van der Waals surface area contributed by atoms with Crippen LogP contribution < -0.4 is 14.4 Å². The number of hydrogen-bond donors (Lipinski definition) is 0. The molecule has 0 aliphatic rings. The highest BCUT2D eigenvalue weighted by Crippen LogP contribution is 2.32. The van der Waals surface area contributed by atoms with Crippen LogP contribution in [0.5, 0.6) is 17.2 Å². The van der Waals surface area contributed by atoms with E-state index in [9.17, 15) is 19.3 Å². The maximum atomic E-state index is 14.7. The standard InChI is InChI=1S/C31H28ClFN2O6/c1-3-39-31(36)20-40-26-6-4-7-27(17-26)41-25-14-10-22(11-15-25)18-34(19-23-12-13-24(32)16-28(23)33)29-8-5-9-30(21(29)2)35(37)38/h4-17H,3,18-20H2,1-2H3. The summed E-state index contributed by atoms with van der Waals surface area (Å²) in [6, 6.07) is 23.5. The summed E-state index contributed by atoms with van der Waals surface area (Å²) in [6.45, 7) is 4.00. The lowest BCUT2D eigenvalue weighted by Gasteiger charge is -2.27. The number of ether oxygens (including phenoxy) is 3. The Morgan fingerprint density at radius 1 is 0.951 bits per heavy atom. The summed E-state index contributed by atoms with van der Waals surface area (Å²) in [5.41, 5.74) is 2.38. The first-order valence-electron chi connectivity index (χ1n) is 12.8. The van der Waals surface area contributed by atoms with Gasteiger partial charge in [-0.2, -0.15) is 0 Å². The molecule has 0 unspecified atom stereocenters. The number of carbonyl (C=O) groups excluding carboxylic acids is 1. The summed E-state index contributed by atoms with van der Waals surface area (Å²) in [5.74, 6) is 0.638. The normalized spacial score (nSPS) is 10.6. The van der Waals surface area contributed by atoms with Crippen LogP contribution in [0.15, 0.2) is 84.9 Å². The molecule has 4 aromatic carbocycles. The van der Waals surface area contributed by atoms with Crippen molar-refractivity contribution in [1.29, 1.82) is 0 Å². The Kier molecular flexibility index (Phi) is 9.76. The van der Waals surface area contributed by atoms with Crippen LogP contribution in [0.2, 0.25) is 5.02 Å². The average Bonchev–Trinajstić information content (AvgIpc) is 2.94. The first kappa shape index (κ1) is 29.4. The third kappa shape index (κ3) is 7.95.